The molecule has 0 radical (unpaired) electrons. The molecule has 1 heterocycles. The summed E-state index contributed by atoms with van der Waals surface area (Å²) in [6.45, 7) is 0. The van der Waals surface area contributed by atoms with E-state index in [4.69, 9.17) is 0 Å². The van der Waals surface area contributed by atoms with E-state index in [0.717, 1.165) is 23.7 Å². The van der Waals surface area contributed by atoms with Crippen LogP contribution in [0.1, 0.15) is 43.2 Å². The molecule has 4 aromatic rings. The molecule has 1 N–H and O–H groups in total. The fraction of sp³-hybridized carbons (Fsp3) is 0.357. The Labute approximate surface area is 171 Å². The Bertz CT molecular complexity index is 1290. The SMILES string of the molecule is c1ccc2c(c1)-c1c(ccc3[nH]c4ccccc4c13)C21C2CC3CC(C2)CC1C3. The van der Waals surface area contributed by atoms with Gasteiger partial charge in [-0.2, -0.15) is 0 Å². The average molecular weight is 376 g/mol. The summed E-state index contributed by atoms with van der Waals surface area (Å²) < 4.78 is 0. The largest absolute Gasteiger partial charge is 0.354 e. The van der Waals surface area contributed by atoms with E-state index in [1.165, 1.54) is 59.5 Å². The van der Waals surface area contributed by atoms with Crippen LogP contribution in [0.5, 0.6) is 0 Å². The highest BCUT2D eigenvalue weighted by Crippen LogP contribution is 2.69. The van der Waals surface area contributed by atoms with E-state index in [2.05, 4.69) is 65.6 Å². The number of para-hydroxylation sites is 1. The zero-order valence-electron chi connectivity index (χ0n) is 16.6. The summed E-state index contributed by atoms with van der Waals surface area (Å²) in [5, 5.41) is 2.84. The molecule has 4 bridgehead atoms. The van der Waals surface area contributed by atoms with Crippen LogP contribution < -0.4 is 0 Å². The summed E-state index contributed by atoms with van der Waals surface area (Å²) in [5.41, 5.74) is 9.20. The number of hydrogen-bond acceptors (Lipinski definition) is 0. The van der Waals surface area contributed by atoms with Crippen molar-refractivity contribution in [3.8, 4) is 11.1 Å². The van der Waals surface area contributed by atoms with Crippen LogP contribution in [0.3, 0.4) is 0 Å². The van der Waals surface area contributed by atoms with E-state index < -0.39 is 0 Å². The number of hydrogen-bond donors (Lipinski definition) is 1. The summed E-state index contributed by atoms with van der Waals surface area (Å²) in [4.78, 5) is 3.69. The molecule has 1 aromatic heterocycles. The lowest BCUT2D eigenvalue weighted by atomic mass is 9.43. The highest BCUT2D eigenvalue weighted by molar-refractivity contribution is 6.16. The van der Waals surface area contributed by atoms with Gasteiger partial charge in [-0.05, 0) is 90.2 Å². The van der Waals surface area contributed by atoms with Crippen LogP contribution in [-0.2, 0) is 5.41 Å². The molecule has 0 atom stereocenters. The van der Waals surface area contributed by atoms with Gasteiger partial charge in [-0.3, -0.25) is 0 Å². The molecule has 0 amide bonds. The van der Waals surface area contributed by atoms with Gasteiger partial charge < -0.3 is 4.98 Å². The number of nitrogens with one attached hydrogen (secondary N) is 1. The molecule has 3 aromatic carbocycles. The van der Waals surface area contributed by atoms with Crippen LogP contribution in [-0.4, -0.2) is 4.98 Å². The minimum absolute atomic E-state index is 0.270. The molecular weight excluding hydrogens is 350 g/mol. The lowest BCUT2D eigenvalue weighted by Gasteiger charge is -2.61. The van der Waals surface area contributed by atoms with Gasteiger partial charge in [0.1, 0.15) is 0 Å². The summed E-state index contributed by atoms with van der Waals surface area (Å²) in [7, 11) is 0. The molecular formula is C28H25N. The average Bonchev–Trinajstić information content (AvgIpc) is 3.25. The van der Waals surface area contributed by atoms with Crippen molar-refractivity contribution in [1.29, 1.82) is 0 Å². The molecule has 0 aliphatic heterocycles. The van der Waals surface area contributed by atoms with Gasteiger partial charge in [0.15, 0.2) is 0 Å². The van der Waals surface area contributed by atoms with Gasteiger partial charge in [0.2, 0.25) is 0 Å². The fourth-order valence-electron chi connectivity index (χ4n) is 8.58. The number of benzene rings is 3. The Morgan fingerprint density at radius 2 is 1.38 bits per heavy atom. The normalized spacial score (nSPS) is 33.7. The maximum atomic E-state index is 3.69. The van der Waals surface area contributed by atoms with Crippen LogP contribution in [0.2, 0.25) is 0 Å². The van der Waals surface area contributed by atoms with Crippen molar-refractivity contribution in [2.75, 3.05) is 0 Å². The molecule has 1 spiro atoms. The van der Waals surface area contributed by atoms with E-state index in [0.29, 0.717) is 0 Å². The molecule has 142 valence electrons. The predicted octanol–water partition coefficient (Wildman–Crippen LogP) is 7.04. The number of fused-ring (bicyclic) bond motifs is 7. The molecule has 9 rings (SSSR count). The molecule has 1 nitrogen and oxygen atoms in total. The van der Waals surface area contributed by atoms with Crippen molar-refractivity contribution in [2.24, 2.45) is 23.7 Å². The minimum Gasteiger partial charge on any atom is -0.354 e. The molecule has 1 heteroatoms. The number of H-pyrrole nitrogens is 1. The molecule has 4 fully saturated rings. The van der Waals surface area contributed by atoms with E-state index in [1.807, 2.05) is 0 Å². The second kappa shape index (κ2) is 4.95. The Balaban J connectivity index is 1.54. The first-order valence-corrected chi connectivity index (χ1v) is 11.5. The Morgan fingerprint density at radius 1 is 0.655 bits per heavy atom. The second-order valence-electron chi connectivity index (χ2n) is 10.3. The number of rotatable bonds is 0. The van der Waals surface area contributed by atoms with Gasteiger partial charge in [-0.15, -0.1) is 0 Å². The third kappa shape index (κ3) is 1.64. The van der Waals surface area contributed by atoms with Crippen LogP contribution in [0.15, 0.2) is 60.7 Å². The van der Waals surface area contributed by atoms with E-state index >= 15 is 0 Å². The zero-order valence-corrected chi connectivity index (χ0v) is 16.6. The van der Waals surface area contributed by atoms with Crippen molar-refractivity contribution in [3.63, 3.8) is 0 Å². The lowest BCUT2D eigenvalue weighted by Crippen LogP contribution is -2.55. The van der Waals surface area contributed by atoms with Crippen LogP contribution in [0, 0.1) is 23.7 Å². The third-order valence-corrected chi connectivity index (χ3v) is 9.18. The first-order valence-electron chi connectivity index (χ1n) is 11.5. The Hall–Kier alpha value is -2.54. The highest BCUT2D eigenvalue weighted by atomic mass is 14.7. The maximum Gasteiger partial charge on any atom is 0.0471 e. The van der Waals surface area contributed by atoms with Crippen molar-refractivity contribution in [1.82, 2.24) is 4.98 Å². The molecule has 5 aliphatic rings. The number of aromatic nitrogens is 1. The van der Waals surface area contributed by atoms with Gasteiger partial charge in [0.05, 0.1) is 0 Å². The van der Waals surface area contributed by atoms with Gasteiger partial charge >= 0.3 is 0 Å². The first-order chi connectivity index (χ1) is 14.3. The monoisotopic (exact) mass is 375 g/mol. The third-order valence-electron chi connectivity index (χ3n) is 9.18. The maximum absolute atomic E-state index is 3.69. The smallest absolute Gasteiger partial charge is 0.0471 e. The quantitative estimate of drug-likeness (QED) is 0.339. The molecule has 29 heavy (non-hydrogen) atoms. The molecule has 0 saturated heterocycles. The van der Waals surface area contributed by atoms with Crippen molar-refractivity contribution < 1.29 is 0 Å². The predicted molar refractivity (Wildman–Crippen MR) is 119 cm³/mol. The number of aromatic amines is 1. The van der Waals surface area contributed by atoms with Crippen molar-refractivity contribution in [3.05, 3.63) is 71.8 Å². The summed E-state index contributed by atoms with van der Waals surface area (Å²) in [5.74, 6) is 3.67. The van der Waals surface area contributed by atoms with Crippen LogP contribution in [0.4, 0.5) is 0 Å². The van der Waals surface area contributed by atoms with Crippen molar-refractivity contribution >= 4 is 21.8 Å². The standard InChI is InChI=1S/C28H25N/c1-3-7-22-20(5-1)26-23(9-10-25-27(26)21-6-2-4-8-24(21)29-25)28(22)18-12-16-11-17(14-18)15-19(28)13-16/h1-10,16-19,29H,11-15H2. The molecule has 4 saturated carbocycles. The summed E-state index contributed by atoms with van der Waals surface area (Å²) in [6, 6.07) is 23.2. The molecule has 5 aliphatic carbocycles. The fourth-order valence-corrected chi connectivity index (χ4v) is 8.58. The minimum atomic E-state index is 0.270. The van der Waals surface area contributed by atoms with Crippen LogP contribution in [0.25, 0.3) is 32.9 Å². The summed E-state index contributed by atoms with van der Waals surface area (Å²) in [6.07, 6.45) is 7.32. The zero-order chi connectivity index (χ0) is 18.7. The van der Waals surface area contributed by atoms with E-state index in [1.54, 1.807) is 16.7 Å². The van der Waals surface area contributed by atoms with Crippen LogP contribution >= 0.6 is 0 Å². The van der Waals surface area contributed by atoms with E-state index in [-0.39, 0.29) is 5.41 Å². The molecule has 0 unspecified atom stereocenters. The topological polar surface area (TPSA) is 15.8 Å². The first kappa shape index (κ1) is 15.3. The Kier molecular flexibility index (Phi) is 2.62. The van der Waals surface area contributed by atoms with Gasteiger partial charge in [-0.1, -0.05) is 48.5 Å². The lowest BCUT2D eigenvalue weighted by molar-refractivity contribution is -0.0399. The van der Waals surface area contributed by atoms with E-state index in [9.17, 15) is 0 Å². The van der Waals surface area contributed by atoms with Gasteiger partial charge in [0.25, 0.3) is 0 Å². The second-order valence-corrected chi connectivity index (χ2v) is 10.3. The Morgan fingerprint density at radius 3 is 2.21 bits per heavy atom. The van der Waals surface area contributed by atoms with Crippen molar-refractivity contribution in [2.45, 2.75) is 37.5 Å². The highest BCUT2D eigenvalue weighted by Gasteiger charge is 2.61. The summed E-state index contributed by atoms with van der Waals surface area (Å²) >= 11 is 0. The van der Waals surface area contributed by atoms with Gasteiger partial charge in [0, 0.05) is 27.2 Å². The van der Waals surface area contributed by atoms with Gasteiger partial charge in [-0.25, -0.2) is 0 Å².